The molecule has 0 fully saturated rings. The van der Waals surface area contributed by atoms with E-state index in [-0.39, 0.29) is 16.6 Å². The third-order valence-electron chi connectivity index (χ3n) is 1.67. The van der Waals surface area contributed by atoms with Crippen LogP contribution in [-0.4, -0.2) is 27.2 Å². The minimum Gasteiger partial charge on any atom is -0.389 e. The van der Waals surface area contributed by atoms with E-state index in [0.717, 1.165) is 12.3 Å². The van der Waals surface area contributed by atoms with Crippen molar-refractivity contribution < 1.29 is 14.6 Å². The molecule has 0 aliphatic carbocycles. The molecule has 3 nitrogen and oxygen atoms in total. The van der Waals surface area contributed by atoms with Crippen LogP contribution in [0.2, 0.25) is 5.15 Å². The molecule has 0 aliphatic rings. The van der Waals surface area contributed by atoms with E-state index in [1.54, 1.807) is 0 Å². The summed E-state index contributed by atoms with van der Waals surface area (Å²) in [7, 11) is 0. The maximum atomic E-state index is 12.7. The molecule has 1 heterocycles. The van der Waals surface area contributed by atoms with Gasteiger partial charge in [-0.3, -0.25) is 0 Å². The molecular formula is C8H8Cl2FNO2. The van der Waals surface area contributed by atoms with Crippen molar-refractivity contribution >= 4 is 23.2 Å². The van der Waals surface area contributed by atoms with Crippen molar-refractivity contribution in [2.45, 2.75) is 12.2 Å². The molecule has 2 atom stereocenters. The van der Waals surface area contributed by atoms with Crippen LogP contribution < -0.4 is 0 Å². The van der Waals surface area contributed by atoms with Crippen molar-refractivity contribution in [1.29, 1.82) is 0 Å². The smallest absolute Gasteiger partial charge is 0.141 e. The van der Waals surface area contributed by atoms with E-state index < -0.39 is 18.0 Å². The van der Waals surface area contributed by atoms with Gasteiger partial charge in [-0.25, -0.2) is 9.37 Å². The lowest BCUT2D eigenvalue weighted by atomic mass is 10.1. The predicted molar refractivity (Wildman–Crippen MR) is 50.9 cm³/mol. The van der Waals surface area contributed by atoms with Gasteiger partial charge in [0.25, 0.3) is 0 Å². The second-order valence-corrected chi connectivity index (χ2v) is 3.37. The highest BCUT2D eigenvalue weighted by atomic mass is 35.5. The van der Waals surface area contributed by atoms with Crippen molar-refractivity contribution in [2.75, 3.05) is 5.88 Å². The fraction of sp³-hybridized carbons (Fsp3) is 0.375. The largest absolute Gasteiger partial charge is 0.389 e. The monoisotopic (exact) mass is 239 g/mol. The average molecular weight is 240 g/mol. The molecule has 0 aromatic carbocycles. The fourth-order valence-electron chi connectivity index (χ4n) is 0.937. The summed E-state index contributed by atoms with van der Waals surface area (Å²) in [6.07, 6.45) is -1.60. The molecule has 0 saturated heterocycles. The highest BCUT2D eigenvalue weighted by Gasteiger charge is 2.21. The molecule has 1 aromatic heterocycles. The lowest BCUT2D eigenvalue weighted by molar-refractivity contribution is 0.0324. The molecule has 0 radical (unpaired) electrons. The summed E-state index contributed by atoms with van der Waals surface area (Å²) in [6, 6.07) is 1.01. The Labute approximate surface area is 90.1 Å². The Morgan fingerprint density at radius 2 is 2.14 bits per heavy atom. The van der Waals surface area contributed by atoms with Gasteiger partial charge in [-0.2, -0.15) is 0 Å². The number of nitrogens with zero attached hydrogens (tertiary/aromatic N) is 1. The van der Waals surface area contributed by atoms with Gasteiger partial charge < -0.3 is 10.2 Å². The summed E-state index contributed by atoms with van der Waals surface area (Å²) in [5, 5.41) is 18.6. The number of hydrogen-bond acceptors (Lipinski definition) is 3. The van der Waals surface area contributed by atoms with Crippen molar-refractivity contribution in [3.8, 4) is 0 Å². The molecular weight excluding hydrogens is 232 g/mol. The van der Waals surface area contributed by atoms with Gasteiger partial charge >= 0.3 is 0 Å². The number of aliphatic hydroxyl groups is 2. The van der Waals surface area contributed by atoms with Crippen molar-refractivity contribution in [2.24, 2.45) is 0 Å². The molecule has 14 heavy (non-hydrogen) atoms. The van der Waals surface area contributed by atoms with Gasteiger partial charge in [0.1, 0.15) is 17.1 Å². The number of alkyl halides is 1. The number of hydrogen-bond donors (Lipinski definition) is 2. The van der Waals surface area contributed by atoms with Crippen LogP contribution in [0.15, 0.2) is 12.3 Å². The van der Waals surface area contributed by atoms with Crippen LogP contribution >= 0.6 is 23.2 Å². The van der Waals surface area contributed by atoms with Crippen LogP contribution in [0.5, 0.6) is 0 Å². The topological polar surface area (TPSA) is 53.4 Å². The predicted octanol–water partition coefficient (Wildman–Crippen LogP) is 1.51. The Morgan fingerprint density at radius 1 is 1.50 bits per heavy atom. The molecule has 0 spiro atoms. The first kappa shape index (κ1) is 11.7. The van der Waals surface area contributed by atoms with E-state index in [1.807, 2.05) is 0 Å². The first-order valence-electron chi connectivity index (χ1n) is 3.79. The Morgan fingerprint density at radius 3 is 2.71 bits per heavy atom. The molecule has 1 aromatic rings. The van der Waals surface area contributed by atoms with Crippen LogP contribution in [0.25, 0.3) is 0 Å². The fourth-order valence-corrected chi connectivity index (χ4v) is 1.32. The van der Waals surface area contributed by atoms with E-state index in [2.05, 4.69) is 4.98 Å². The Bertz CT molecular complexity index is 324. The number of aliphatic hydroxyl groups excluding tert-OH is 2. The molecule has 1 rings (SSSR count). The second kappa shape index (κ2) is 4.89. The van der Waals surface area contributed by atoms with Crippen LogP contribution in [-0.2, 0) is 0 Å². The number of pyridine rings is 1. The van der Waals surface area contributed by atoms with Crippen molar-refractivity contribution in [3.05, 3.63) is 28.8 Å². The standard InChI is InChI=1S/C8H8Cl2FNO2/c9-2-6(13)7(14)5-1-4(11)3-12-8(5)10/h1,3,6-7,13-14H,2H2. The van der Waals surface area contributed by atoms with Crippen LogP contribution in [0.1, 0.15) is 11.7 Å². The third kappa shape index (κ3) is 2.54. The minimum absolute atomic E-state index is 0.0276. The van der Waals surface area contributed by atoms with Gasteiger partial charge in [0.2, 0.25) is 0 Å². The maximum absolute atomic E-state index is 12.7. The quantitative estimate of drug-likeness (QED) is 0.621. The van der Waals surface area contributed by atoms with E-state index in [4.69, 9.17) is 23.2 Å². The van der Waals surface area contributed by atoms with E-state index in [1.165, 1.54) is 0 Å². The van der Waals surface area contributed by atoms with E-state index in [9.17, 15) is 14.6 Å². The Hall–Kier alpha value is -0.420. The van der Waals surface area contributed by atoms with Crippen LogP contribution in [0.4, 0.5) is 4.39 Å². The third-order valence-corrected chi connectivity index (χ3v) is 2.31. The second-order valence-electron chi connectivity index (χ2n) is 2.70. The molecule has 2 unspecified atom stereocenters. The van der Waals surface area contributed by atoms with Gasteiger partial charge in [0.05, 0.1) is 18.2 Å². The highest BCUT2D eigenvalue weighted by molar-refractivity contribution is 6.30. The zero-order valence-corrected chi connectivity index (χ0v) is 8.50. The summed E-state index contributed by atoms with van der Waals surface area (Å²) >= 11 is 10.9. The minimum atomic E-state index is -1.33. The van der Waals surface area contributed by atoms with E-state index >= 15 is 0 Å². The summed E-state index contributed by atoms with van der Waals surface area (Å²) in [5.74, 6) is -0.807. The summed E-state index contributed by atoms with van der Waals surface area (Å²) in [6.45, 7) is 0. The number of rotatable bonds is 3. The zero-order chi connectivity index (χ0) is 10.7. The maximum Gasteiger partial charge on any atom is 0.141 e. The zero-order valence-electron chi connectivity index (χ0n) is 6.99. The molecule has 78 valence electrons. The first-order chi connectivity index (χ1) is 6.56. The van der Waals surface area contributed by atoms with Gasteiger partial charge in [-0.15, -0.1) is 11.6 Å². The van der Waals surface area contributed by atoms with Gasteiger partial charge in [-0.05, 0) is 6.07 Å². The van der Waals surface area contributed by atoms with Crippen molar-refractivity contribution in [1.82, 2.24) is 4.98 Å². The van der Waals surface area contributed by atoms with E-state index in [0.29, 0.717) is 0 Å². The molecule has 0 amide bonds. The SMILES string of the molecule is OC(CCl)C(O)c1cc(F)cnc1Cl. The van der Waals surface area contributed by atoms with Crippen molar-refractivity contribution in [3.63, 3.8) is 0 Å². The Kier molecular flexibility index (Phi) is 4.07. The summed E-state index contributed by atoms with van der Waals surface area (Å²) in [5.41, 5.74) is 0.0276. The number of aromatic nitrogens is 1. The summed E-state index contributed by atoms with van der Waals surface area (Å²) in [4.78, 5) is 3.49. The van der Waals surface area contributed by atoms with Gasteiger partial charge in [0.15, 0.2) is 0 Å². The Balaban J connectivity index is 2.99. The molecule has 0 bridgehead atoms. The van der Waals surface area contributed by atoms with Crippen LogP contribution in [0.3, 0.4) is 0 Å². The van der Waals surface area contributed by atoms with Crippen LogP contribution in [0, 0.1) is 5.82 Å². The molecule has 6 heteroatoms. The average Bonchev–Trinajstić information content (AvgIpc) is 2.19. The number of halogens is 3. The lowest BCUT2D eigenvalue weighted by Crippen LogP contribution is -2.20. The molecule has 2 N–H and O–H groups in total. The lowest BCUT2D eigenvalue weighted by Gasteiger charge is -2.16. The molecule has 0 saturated carbocycles. The first-order valence-corrected chi connectivity index (χ1v) is 4.70. The molecule has 0 aliphatic heterocycles. The normalized spacial score (nSPS) is 15.2. The highest BCUT2D eigenvalue weighted by Crippen LogP contribution is 2.24. The van der Waals surface area contributed by atoms with Gasteiger partial charge in [-0.1, -0.05) is 11.6 Å². The van der Waals surface area contributed by atoms with Gasteiger partial charge in [0, 0.05) is 5.56 Å². The summed E-state index contributed by atoms with van der Waals surface area (Å²) < 4.78 is 12.7.